The van der Waals surface area contributed by atoms with Gasteiger partial charge in [0.25, 0.3) is 0 Å². The van der Waals surface area contributed by atoms with E-state index in [2.05, 4.69) is 41.0 Å². The van der Waals surface area contributed by atoms with Crippen LogP contribution in [0, 0.1) is 17.3 Å². The van der Waals surface area contributed by atoms with Crippen LogP contribution in [0.3, 0.4) is 0 Å². The Morgan fingerprint density at radius 3 is 2.04 bits per heavy atom. The van der Waals surface area contributed by atoms with E-state index in [1.807, 2.05) is 6.92 Å². The average Bonchev–Trinajstić information content (AvgIpc) is 2.85. The van der Waals surface area contributed by atoms with Crippen molar-refractivity contribution in [2.45, 2.75) is 73.6 Å². The lowest BCUT2D eigenvalue weighted by molar-refractivity contribution is -0.126. The van der Waals surface area contributed by atoms with E-state index < -0.39 is 0 Å². The Kier molecular flexibility index (Phi) is 7.09. The summed E-state index contributed by atoms with van der Waals surface area (Å²) in [5.41, 5.74) is 0.276. The summed E-state index contributed by atoms with van der Waals surface area (Å²) in [6.45, 7) is 14.4. The minimum Gasteiger partial charge on any atom is -0.315 e. The zero-order chi connectivity index (χ0) is 17.7. The maximum atomic E-state index is 12.4. The SMILES string of the molecule is C[CH]C(CC)(CCC(C)(CC)CC)CN1C(=O)CN(CC)C1=O. The first-order chi connectivity index (χ1) is 10.8. The van der Waals surface area contributed by atoms with Gasteiger partial charge in [-0.3, -0.25) is 9.69 Å². The molecule has 3 amide bonds. The summed E-state index contributed by atoms with van der Waals surface area (Å²) in [6.07, 6.45) is 7.66. The molecule has 1 saturated heterocycles. The van der Waals surface area contributed by atoms with Crippen LogP contribution < -0.4 is 0 Å². The van der Waals surface area contributed by atoms with Gasteiger partial charge in [0.05, 0.1) is 0 Å². The number of carbonyl (C=O) groups is 2. The zero-order valence-corrected chi connectivity index (χ0v) is 15.9. The largest absolute Gasteiger partial charge is 0.327 e. The molecule has 1 unspecified atom stereocenters. The van der Waals surface area contributed by atoms with E-state index in [1.165, 1.54) is 4.90 Å². The molecule has 0 aromatic heterocycles. The van der Waals surface area contributed by atoms with Crippen LogP contribution in [0.5, 0.6) is 0 Å². The van der Waals surface area contributed by atoms with Crippen molar-refractivity contribution in [1.29, 1.82) is 0 Å². The summed E-state index contributed by atoms with van der Waals surface area (Å²) >= 11 is 0. The number of carbonyl (C=O) groups excluding carboxylic acids is 2. The summed E-state index contributed by atoms with van der Waals surface area (Å²) in [7, 11) is 0. The quantitative estimate of drug-likeness (QED) is 0.555. The first-order valence-electron chi connectivity index (χ1n) is 9.20. The van der Waals surface area contributed by atoms with Crippen LogP contribution in [0.4, 0.5) is 4.79 Å². The summed E-state index contributed by atoms with van der Waals surface area (Å²) in [6, 6.07) is -0.120. The van der Waals surface area contributed by atoms with Gasteiger partial charge in [0, 0.05) is 13.1 Å². The standard InChI is InChI=1S/C19H35N2O2/c1-7-18(6,8-2)12-13-19(9-3,10-4)15-21-16(22)14-20(11-5)17(21)23/h9H,7-8,10-15H2,1-6H3. The van der Waals surface area contributed by atoms with E-state index >= 15 is 0 Å². The molecule has 1 aliphatic rings. The second-order valence-corrected chi connectivity index (χ2v) is 7.30. The number of amides is 3. The van der Waals surface area contributed by atoms with Crippen molar-refractivity contribution in [2.75, 3.05) is 19.6 Å². The van der Waals surface area contributed by atoms with Gasteiger partial charge >= 0.3 is 6.03 Å². The van der Waals surface area contributed by atoms with Crippen molar-refractivity contribution in [3.8, 4) is 0 Å². The van der Waals surface area contributed by atoms with Gasteiger partial charge in [0.15, 0.2) is 0 Å². The van der Waals surface area contributed by atoms with Crippen LogP contribution in [0.15, 0.2) is 0 Å². The maximum absolute atomic E-state index is 12.4. The first-order valence-corrected chi connectivity index (χ1v) is 9.20. The molecule has 0 saturated carbocycles. The highest BCUT2D eigenvalue weighted by Gasteiger charge is 2.40. The normalized spacial score (nSPS) is 16.6. The molecule has 0 spiro atoms. The lowest BCUT2D eigenvalue weighted by atomic mass is 9.71. The van der Waals surface area contributed by atoms with Gasteiger partial charge < -0.3 is 4.90 Å². The lowest BCUT2D eigenvalue weighted by Crippen LogP contribution is -2.42. The molecular weight excluding hydrogens is 288 g/mol. The summed E-state index contributed by atoms with van der Waals surface area (Å²) in [4.78, 5) is 27.7. The molecule has 133 valence electrons. The number of urea groups is 1. The number of hydrogen-bond acceptors (Lipinski definition) is 2. The molecule has 0 N–H and O–H groups in total. The van der Waals surface area contributed by atoms with Crippen molar-refractivity contribution >= 4 is 11.9 Å². The second kappa shape index (κ2) is 8.16. The Balaban J connectivity index is 2.85. The summed E-state index contributed by atoms with van der Waals surface area (Å²) in [5.74, 6) is -0.0507. The highest BCUT2D eigenvalue weighted by molar-refractivity contribution is 6.02. The van der Waals surface area contributed by atoms with Gasteiger partial charge in [-0.15, -0.1) is 0 Å². The van der Waals surface area contributed by atoms with E-state index in [0.717, 1.165) is 32.1 Å². The highest BCUT2D eigenvalue weighted by atomic mass is 16.2. The van der Waals surface area contributed by atoms with Crippen LogP contribution >= 0.6 is 0 Å². The summed E-state index contributed by atoms with van der Waals surface area (Å²) in [5, 5.41) is 0. The second-order valence-electron chi connectivity index (χ2n) is 7.30. The maximum Gasteiger partial charge on any atom is 0.327 e. The molecule has 0 bridgehead atoms. The Morgan fingerprint density at radius 1 is 1.04 bits per heavy atom. The number of imide groups is 1. The van der Waals surface area contributed by atoms with Crippen LogP contribution in [0.25, 0.3) is 0 Å². The van der Waals surface area contributed by atoms with Gasteiger partial charge in [0.2, 0.25) is 5.91 Å². The molecule has 1 heterocycles. The first kappa shape index (κ1) is 20.0. The third-order valence-electron chi connectivity index (χ3n) is 6.23. The molecule has 4 heteroatoms. The zero-order valence-electron chi connectivity index (χ0n) is 15.9. The van der Waals surface area contributed by atoms with E-state index in [9.17, 15) is 9.59 Å². The van der Waals surface area contributed by atoms with Gasteiger partial charge in [-0.05, 0) is 43.4 Å². The molecule has 0 aliphatic carbocycles. The van der Waals surface area contributed by atoms with Crippen LogP contribution in [0.1, 0.15) is 73.6 Å². The van der Waals surface area contributed by atoms with E-state index in [4.69, 9.17) is 0 Å². The topological polar surface area (TPSA) is 40.6 Å². The van der Waals surface area contributed by atoms with E-state index in [-0.39, 0.29) is 23.9 Å². The molecule has 1 fully saturated rings. The lowest BCUT2D eigenvalue weighted by Gasteiger charge is -2.38. The summed E-state index contributed by atoms with van der Waals surface area (Å²) < 4.78 is 0. The van der Waals surface area contributed by atoms with Gasteiger partial charge in [0.1, 0.15) is 6.54 Å². The average molecular weight is 324 g/mol. The molecule has 23 heavy (non-hydrogen) atoms. The van der Waals surface area contributed by atoms with Crippen molar-refractivity contribution in [3.63, 3.8) is 0 Å². The number of rotatable bonds is 10. The van der Waals surface area contributed by atoms with E-state index in [1.54, 1.807) is 4.90 Å². The third kappa shape index (κ3) is 4.48. The Hall–Kier alpha value is -1.06. The number of nitrogens with zero attached hydrogens (tertiary/aromatic N) is 2. The monoisotopic (exact) mass is 323 g/mol. The molecule has 1 rings (SSSR count). The Bertz CT molecular complexity index is 412. The van der Waals surface area contributed by atoms with Gasteiger partial charge in [-0.25, -0.2) is 4.79 Å². The van der Waals surface area contributed by atoms with Crippen molar-refractivity contribution in [3.05, 3.63) is 6.42 Å². The van der Waals surface area contributed by atoms with E-state index in [0.29, 0.717) is 18.5 Å². The van der Waals surface area contributed by atoms with Crippen LogP contribution in [-0.2, 0) is 4.79 Å². The van der Waals surface area contributed by atoms with Gasteiger partial charge in [-0.2, -0.15) is 0 Å². The smallest absolute Gasteiger partial charge is 0.315 e. The van der Waals surface area contributed by atoms with Crippen LogP contribution in [0.2, 0.25) is 0 Å². The van der Waals surface area contributed by atoms with Gasteiger partial charge in [-0.1, -0.05) is 47.5 Å². The fourth-order valence-corrected chi connectivity index (χ4v) is 3.27. The predicted octanol–water partition coefficient (Wildman–Crippen LogP) is 4.50. The fourth-order valence-electron chi connectivity index (χ4n) is 3.27. The van der Waals surface area contributed by atoms with Crippen molar-refractivity contribution in [1.82, 2.24) is 9.80 Å². The minimum absolute atomic E-state index is 0.0507. The Labute approximate surface area is 142 Å². The number of likely N-dealkylation sites (N-methyl/N-ethyl adjacent to an activating group) is 1. The molecular formula is C19H35N2O2. The predicted molar refractivity (Wildman–Crippen MR) is 95.0 cm³/mol. The Morgan fingerprint density at radius 2 is 1.65 bits per heavy atom. The molecule has 1 atom stereocenters. The molecule has 1 radical (unpaired) electrons. The number of hydrogen-bond donors (Lipinski definition) is 0. The minimum atomic E-state index is -0.120. The molecule has 0 aromatic carbocycles. The molecule has 0 aromatic rings. The third-order valence-corrected chi connectivity index (χ3v) is 6.23. The highest BCUT2D eigenvalue weighted by Crippen LogP contribution is 2.40. The van der Waals surface area contributed by atoms with Crippen molar-refractivity contribution < 1.29 is 9.59 Å². The fraction of sp³-hybridized carbons (Fsp3) is 0.842. The van der Waals surface area contributed by atoms with Crippen molar-refractivity contribution in [2.24, 2.45) is 10.8 Å². The molecule has 1 aliphatic heterocycles. The molecule has 4 nitrogen and oxygen atoms in total. The van der Waals surface area contributed by atoms with Crippen LogP contribution in [-0.4, -0.2) is 41.4 Å².